The summed E-state index contributed by atoms with van der Waals surface area (Å²) in [4.78, 5) is 1.07. The predicted octanol–water partition coefficient (Wildman–Crippen LogP) is 5.04. The van der Waals surface area contributed by atoms with Gasteiger partial charge in [0.1, 0.15) is 5.82 Å². The Kier molecular flexibility index (Phi) is 4.04. The molecule has 21 heavy (non-hydrogen) atoms. The second-order valence-electron chi connectivity index (χ2n) is 5.30. The van der Waals surface area contributed by atoms with E-state index < -0.39 is 0 Å². The third kappa shape index (κ3) is 2.99. The largest absolute Gasteiger partial charge is 0.320 e. The number of rotatable bonds is 4. The van der Waals surface area contributed by atoms with Gasteiger partial charge in [0.05, 0.1) is 6.04 Å². The molecule has 0 saturated heterocycles. The molecule has 3 aromatic rings. The number of nitrogens with two attached hydrogens (primary N) is 1. The quantitative estimate of drug-likeness (QED) is 0.717. The molecule has 0 radical (unpaired) electrons. The lowest BCUT2D eigenvalue weighted by Crippen LogP contribution is -2.10. The fraction of sp³-hybridized carbons (Fsp3) is 0.222. The third-order valence-electron chi connectivity index (χ3n) is 3.65. The Morgan fingerprint density at radius 3 is 2.81 bits per heavy atom. The Hall–Kier alpha value is -1.71. The molecule has 3 heteroatoms. The van der Waals surface area contributed by atoms with Gasteiger partial charge in [0.25, 0.3) is 0 Å². The Bertz CT molecular complexity index is 763. The molecule has 0 spiro atoms. The van der Waals surface area contributed by atoms with Crippen molar-refractivity contribution in [2.45, 2.75) is 25.8 Å². The van der Waals surface area contributed by atoms with E-state index in [1.165, 1.54) is 11.6 Å². The number of aryl methyl sites for hydroxylation is 1. The standard InChI is InChI=1S/C18H18FNS/c1-2-4-12-5-3-6-13(9-12)18(20)17-11-14-10-15(19)7-8-16(14)21-17/h3,5-11,18H,2,4,20H2,1H3. The van der Waals surface area contributed by atoms with Crippen molar-refractivity contribution < 1.29 is 4.39 Å². The first kappa shape index (κ1) is 14.2. The molecule has 2 N–H and O–H groups in total. The van der Waals surface area contributed by atoms with Crippen LogP contribution in [0.1, 0.15) is 35.4 Å². The SMILES string of the molecule is CCCc1cccc(C(N)c2cc3cc(F)ccc3s2)c1. The van der Waals surface area contributed by atoms with Gasteiger partial charge in [-0.2, -0.15) is 0 Å². The van der Waals surface area contributed by atoms with Crippen LogP contribution in [-0.2, 0) is 6.42 Å². The molecule has 0 aliphatic rings. The fourth-order valence-corrected chi connectivity index (χ4v) is 3.66. The highest BCUT2D eigenvalue weighted by molar-refractivity contribution is 7.19. The molecule has 0 fully saturated rings. The van der Waals surface area contributed by atoms with E-state index in [1.54, 1.807) is 17.4 Å². The Labute approximate surface area is 128 Å². The van der Waals surface area contributed by atoms with Gasteiger partial charge < -0.3 is 5.73 Å². The summed E-state index contributed by atoms with van der Waals surface area (Å²) in [7, 11) is 0. The zero-order valence-electron chi connectivity index (χ0n) is 12.0. The second kappa shape index (κ2) is 5.96. The molecule has 0 amide bonds. The first-order valence-electron chi connectivity index (χ1n) is 7.21. The van der Waals surface area contributed by atoms with Crippen LogP contribution < -0.4 is 5.73 Å². The highest BCUT2D eigenvalue weighted by atomic mass is 32.1. The minimum Gasteiger partial charge on any atom is -0.320 e. The van der Waals surface area contributed by atoms with Crippen molar-refractivity contribution in [3.63, 3.8) is 0 Å². The Morgan fingerprint density at radius 1 is 1.14 bits per heavy atom. The lowest BCUT2D eigenvalue weighted by Gasteiger charge is -2.11. The molecule has 2 aromatic carbocycles. The normalized spacial score (nSPS) is 12.7. The first-order chi connectivity index (χ1) is 10.2. The predicted molar refractivity (Wildman–Crippen MR) is 88.3 cm³/mol. The molecule has 0 aliphatic heterocycles. The number of thiophene rings is 1. The van der Waals surface area contributed by atoms with Crippen LogP contribution in [0.25, 0.3) is 10.1 Å². The topological polar surface area (TPSA) is 26.0 Å². The zero-order valence-corrected chi connectivity index (χ0v) is 12.8. The summed E-state index contributed by atoms with van der Waals surface area (Å²) in [6.07, 6.45) is 2.19. The van der Waals surface area contributed by atoms with E-state index in [0.717, 1.165) is 33.4 Å². The van der Waals surface area contributed by atoms with E-state index in [2.05, 4.69) is 31.2 Å². The summed E-state index contributed by atoms with van der Waals surface area (Å²) >= 11 is 1.64. The van der Waals surface area contributed by atoms with Crippen molar-refractivity contribution in [3.8, 4) is 0 Å². The van der Waals surface area contributed by atoms with Crippen LogP contribution >= 0.6 is 11.3 Å². The van der Waals surface area contributed by atoms with E-state index in [4.69, 9.17) is 5.73 Å². The van der Waals surface area contributed by atoms with Crippen molar-refractivity contribution in [3.05, 3.63) is 70.4 Å². The van der Waals surface area contributed by atoms with Crippen molar-refractivity contribution in [1.82, 2.24) is 0 Å². The zero-order chi connectivity index (χ0) is 14.8. The molecular formula is C18H18FNS. The molecule has 1 aromatic heterocycles. The van der Waals surface area contributed by atoms with Crippen molar-refractivity contribution >= 4 is 21.4 Å². The van der Waals surface area contributed by atoms with Gasteiger partial charge in [-0.05, 0) is 47.2 Å². The van der Waals surface area contributed by atoms with E-state index in [-0.39, 0.29) is 11.9 Å². The van der Waals surface area contributed by atoms with E-state index in [9.17, 15) is 4.39 Å². The molecule has 0 bridgehead atoms. The highest BCUT2D eigenvalue weighted by Gasteiger charge is 2.13. The van der Waals surface area contributed by atoms with Crippen LogP contribution in [0, 0.1) is 5.82 Å². The third-order valence-corrected chi connectivity index (χ3v) is 4.85. The van der Waals surface area contributed by atoms with Gasteiger partial charge in [-0.15, -0.1) is 11.3 Å². The first-order valence-corrected chi connectivity index (χ1v) is 8.02. The minimum absolute atomic E-state index is 0.151. The summed E-state index contributed by atoms with van der Waals surface area (Å²) in [6, 6.07) is 15.2. The maximum Gasteiger partial charge on any atom is 0.123 e. The van der Waals surface area contributed by atoms with Crippen LogP contribution in [0.4, 0.5) is 4.39 Å². The number of hydrogen-bond donors (Lipinski definition) is 1. The molecule has 1 unspecified atom stereocenters. The van der Waals surface area contributed by atoms with E-state index >= 15 is 0 Å². The molecule has 1 heterocycles. The molecule has 0 aliphatic carbocycles. The van der Waals surface area contributed by atoms with E-state index in [0.29, 0.717) is 0 Å². The van der Waals surface area contributed by atoms with Gasteiger partial charge in [-0.3, -0.25) is 0 Å². The summed E-state index contributed by atoms with van der Waals surface area (Å²) < 4.78 is 14.4. The molecule has 3 rings (SSSR count). The molecule has 1 nitrogen and oxygen atoms in total. The van der Waals surface area contributed by atoms with Gasteiger partial charge in [0, 0.05) is 9.58 Å². The molecular weight excluding hydrogens is 281 g/mol. The average molecular weight is 299 g/mol. The lowest BCUT2D eigenvalue weighted by molar-refractivity contribution is 0.630. The molecule has 1 atom stereocenters. The Balaban J connectivity index is 1.95. The van der Waals surface area contributed by atoms with Gasteiger partial charge in [-0.1, -0.05) is 37.6 Å². The smallest absolute Gasteiger partial charge is 0.123 e. The summed E-state index contributed by atoms with van der Waals surface area (Å²) in [5.41, 5.74) is 8.84. The van der Waals surface area contributed by atoms with E-state index in [1.807, 2.05) is 12.1 Å². The van der Waals surface area contributed by atoms with Gasteiger partial charge in [0.2, 0.25) is 0 Å². The van der Waals surface area contributed by atoms with Gasteiger partial charge in [0.15, 0.2) is 0 Å². The monoisotopic (exact) mass is 299 g/mol. The maximum absolute atomic E-state index is 13.3. The van der Waals surface area contributed by atoms with Crippen molar-refractivity contribution in [2.24, 2.45) is 5.73 Å². The van der Waals surface area contributed by atoms with Crippen molar-refractivity contribution in [1.29, 1.82) is 0 Å². The van der Waals surface area contributed by atoms with Crippen LogP contribution in [-0.4, -0.2) is 0 Å². The maximum atomic E-state index is 13.3. The minimum atomic E-state index is -0.203. The highest BCUT2D eigenvalue weighted by Crippen LogP contribution is 2.32. The second-order valence-corrected chi connectivity index (χ2v) is 6.42. The van der Waals surface area contributed by atoms with Gasteiger partial charge in [-0.25, -0.2) is 4.39 Å². The number of fused-ring (bicyclic) bond motifs is 1. The van der Waals surface area contributed by atoms with Crippen molar-refractivity contribution in [2.75, 3.05) is 0 Å². The summed E-state index contributed by atoms with van der Waals surface area (Å²) in [6.45, 7) is 2.17. The molecule has 108 valence electrons. The van der Waals surface area contributed by atoms with Crippen LogP contribution in [0.15, 0.2) is 48.5 Å². The average Bonchev–Trinajstić information content (AvgIpc) is 2.90. The molecule has 0 saturated carbocycles. The Morgan fingerprint density at radius 2 is 2.00 bits per heavy atom. The number of halogens is 1. The number of hydrogen-bond acceptors (Lipinski definition) is 2. The fourth-order valence-electron chi connectivity index (χ4n) is 2.58. The van der Waals surface area contributed by atoms with Crippen LogP contribution in [0.5, 0.6) is 0 Å². The van der Waals surface area contributed by atoms with Gasteiger partial charge >= 0.3 is 0 Å². The summed E-state index contributed by atoms with van der Waals surface area (Å²) in [5.74, 6) is -0.203. The number of benzene rings is 2. The summed E-state index contributed by atoms with van der Waals surface area (Å²) in [5, 5.41) is 0.926. The lowest BCUT2D eigenvalue weighted by atomic mass is 10.0. The van der Waals surface area contributed by atoms with Crippen LogP contribution in [0.2, 0.25) is 0 Å². The van der Waals surface area contributed by atoms with Crippen LogP contribution in [0.3, 0.4) is 0 Å².